The van der Waals surface area contributed by atoms with Gasteiger partial charge in [-0.2, -0.15) is 0 Å². The number of aromatic nitrogens is 2. The molecular formula is C25H25N5O5. The molecule has 35 heavy (non-hydrogen) atoms. The lowest BCUT2D eigenvalue weighted by Crippen LogP contribution is -2.51. The van der Waals surface area contributed by atoms with Gasteiger partial charge in [0.05, 0.1) is 17.7 Å². The molecule has 0 fully saturated rings. The number of fused-ring (bicyclic) bond motifs is 1. The Kier molecular flexibility index (Phi) is 6.37. The van der Waals surface area contributed by atoms with Gasteiger partial charge in [0.25, 0.3) is 17.4 Å². The van der Waals surface area contributed by atoms with Crippen molar-refractivity contribution in [3.05, 3.63) is 92.1 Å². The van der Waals surface area contributed by atoms with Crippen LogP contribution < -0.4 is 21.9 Å². The zero-order valence-corrected chi connectivity index (χ0v) is 19.4. The molecule has 0 bridgehead atoms. The Hall–Kier alpha value is -4.47. The highest BCUT2D eigenvalue weighted by atomic mass is 16.2. The number of nitrogen functional groups attached to an aromatic ring is 1. The second-order valence-electron chi connectivity index (χ2n) is 8.26. The van der Waals surface area contributed by atoms with E-state index in [-0.39, 0.29) is 35.7 Å². The maximum absolute atomic E-state index is 13.6. The Morgan fingerprint density at radius 3 is 2.11 bits per heavy atom. The molecule has 0 aliphatic carbocycles. The lowest BCUT2D eigenvalue weighted by molar-refractivity contribution is -0.122. The number of rotatable bonds is 7. The molecular weight excluding hydrogens is 450 g/mol. The fourth-order valence-corrected chi connectivity index (χ4v) is 4.21. The number of nitrogens with zero attached hydrogens (tertiary/aromatic N) is 3. The van der Waals surface area contributed by atoms with Gasteiger partial charge in [-0.3, -0.25) is 33.6 Å². The van der Waals surface area contributed by atoms with Crippen LogP contribution in [-0.4, -0.2) is 44.8 Å². The van der Waals surface area contributed by atoms with E-state index in [1.54, 1.807) is 43.3 Å². The van der Waals surface area contributed by atoms with Crippen LogP contribution in [0.3, 0.4) is 0 Å². The van der Waals surface area contributed by atoms with Crippen molar-refractivity contribution in [2.24, 2.45) is 0 Å². The summed E-state index contributed by atoms with van der Waals surface area (Å²) in [5.74, 6) is -2.01. The minimum absolute atomic E-state index is 0.0808. The molecule has 0 saturated carbocycles. The van der Waals surface area contributed by atoms with Gasteiger partial charge in [-0.1, -0.05) is 49.4 Å². The van der Waals surface area contributed by atoms with E-state index >= 15 is 0 Å². The van der Waals surface area contributed by atoms with E-state index in [2.05, 4.69) is 4.98 Å². The first kappa shape index (κ1) is 23.7. The van der Waals surface area contributed by atoms with Crippen LogP contribution in [0.2, 0.25) is 0 Å². The minimum atomic E-state index is -1.21. The van der Waals surface area contributed by atoms with Gasteiger partial charge < -0.3 is 10.6 Å². The number of nitrogens with two attached hydrogens (primary N) is 1. The zero-order valence-electron chi connectivity index (χ0n) is 19.4. The molecule has 3 N–H and O–H groups in total. The smallest absolute Gasteiger partial charge is 0.330 e. The van der Waals surface area contributed by atoms with Crippen LogP contribution in [0.15, 0.2) is 64.2 Å². The maximum Gasteiger partial charge on any atom is 0.330 e. The summed E-state index contributed by atoms with van der Waals surface area (Å²) in [6, 6.07) is 14.2. The van der Waals surface area contributed by atoms with Crippen LogP contribution in [0, 0.1) is 0 Å². The van der Waals surface area contributed by atoms with Gasteiger partial charge in [0.2, 0.25) is 5.91 Å². The third-order valence-corrected chi connectivity index (χ3v) is 5.95. The van der Waals surface area contributed by atoms with Gasteiger partial charge in [0, 0.05) is 6.54 Å². The van der Waals surface area contributed by atoms with Crippen LogP contribution in [0.5, 0.6) is 0 Å². The van der Waals surface area contributed by atoms with Gasteiger partial charge in [0.1, 0.15) is 11.9 Å². The third kappa shape index (κ3) is 4.14. The molecule has 180 valence electrons. The molecule has 1 aliphatic heterocycles. The van der Waals surface area contributed by atoms with Crippen molar-refractivity contribution in [2.45, 2.75) is 32.9 Å². The number of H-pyrrole nitrogens is 1. The number of hydrogen-bond acceptors (Lipinski definition) is 6. The maximum atomic E-state index is 13.6. The Labute approximate surface area is 200 Å². The number of carbonyl (C=O) groups excluding carboxylic acids is 3. The monoisotopic (exact) mass is 475 g/mol. The van der Waals surface area contributed by atoms with Gasteiger partial charge in [0.15, 0.2) is 5.69 Å². The largest absolute Gasteiger partial charge is 0.383 e. The van der Waals surface area contributed by atoms with Gasteiger partial charge in [-0.25, -0.2) is 4.79 Å². The Morgan fingerprint density at radius 2 is 1.54 bits per heavy atom. The molecule has 4 rings (SSSR count). The number of aromatic amines is 1. The first-order valence-corrected chi connectivity index (χ1v) is 11.2. The SMILES string of the molecule is CCCN(C(=O)C(C)N1C(=O)c2ccccc2C1=O)c1c(N)n(Cc2ccccc2)c(=O)[nH]c1=O. The van der Waals surface area contributed by atoms with Crippen LogP contribution >= 0.6 is 0 Å². The van der Waals surface area contributed by atoms with Crippen molar-refractivity contribution < 1.29 is 14.4 Å². The van der Waals surface area contributed by atoms with Crippen molar-refractivity contribution in [2.75, 3.05) is 17.2 Å². The molecule has 3 aromatic rings. The molecule has 1 aromatic heterocycles. The van der Waals surface area contributed by atoms with Crippen molar-refractivity contribution in [1.29, 1.82) is 0 Å². The predicted molar refractivity (Wildman–Crippen MR) is 130 cm³/mol. The first-order chi connectivity index (χ1) is 16.8. The first-order valence-electron chi connectivity index (χ1n) is 11.2. The molecule has 10 nitrogen and oxygen atoms in total. The molecule has 3 amide bonds. The average Bonchev–Trinajstić information content (AvgIpc) is 3.11. The topological polar surface area (TPSA) is 139 Å². The molecule has 0 spiro atoms. The second-order valence-corrected chi connectivity index (χ2v) is 8.26. The van der Waals surface area contributed by atoms with E-state index in [1.807, 2.05) is 6.07 Å². The highest BCUT2D eigenvalue weighted by Gasteiger charge is 2.42. The van der Waals surface area contributed by atoms with E-state index in [4.69, 9.17) is 5.73 Å². The number of anilines is 2. The standard InChI is InChI=1S/C25H25N5O5/c1-3-13-28(22(32)15(2)30-23(33)17-11-7-8-12-18(17)24(30)34)19-20(26)29(25(35)27-21(19)31)14-16-9-5-4-6-10-16/h4-12,15H,3,13-14,26H2,1-2H3,(H,27,31,35). The van der Waals surface area contributed by atoms with Crippen molar-refractivity contribution in [3.63, 3.8) is 0 Å². The Balaban J connectivity index is 1.73. The number of carbonyl (C=O) groups is 3. The number of amides is 3. The van der Waals surface area contributed by atoms with E-state index < -0.39 is 35.0 Å². The highest BCUT2D eigenvalue weighted by Crippen LogP contribution is 2.27. The van der Waals surface area contributed by atoms with Gasteiger partial charge in [-0.05, 0) is 31.0 Å². The molecule has 1 aliphatic rings. The number of nitrogens with one attached hydrogen (secondary N) is 1. The van der Waals surface area contributed by atoms with E-state index in [0.29, 0.717) is 6.42 Å². The van der Waals surface area contributed by atoms with E-state index in [0.717, 1.165) is 15.4 Å². The highest BCUT2D eigenvalue weighted by molar-refractivity contribution is 6.23. The Morgan fingerprint density at radius 1 is 0.971 bits per heavy atom. The van der Waals surface area contributed by atoms with Crippen molar-refractivity contribution in [1.82, 2.24) is 14.5 Å². The summed E-state index contributed by atoms with van der Waals surface area (Å²) in [6.07, 6.45) is 0.456. The molecule has 0 saturated heterocycles. The molecule has 10 heteroatoms. The minimum Gasteiger partial charge on any atom is -0.383 e. The van der Waals surface area contributed by atoms with Crippen LogP contribution in [0.1, 0.15) is 46.5 Å². The van der Waals surface area contributed by atoms with Crippen LogP contribution in [0.25, 0.3) is 0 Å². The van der Waals surface area contributed by atoms with E-state index in [1.165, 1.54) is 23.6 Å². The number of benzene rings is 2. The second kappa shape index (κ2) is 9.41. The quantitative estimate of drug-likeness (QED) is 0.498. The predicted octanol–water partition coefficient (Wildman–Crippen LogP) is 1.59. The summed E-state index contributed by atoms with van der Waals surface area (Å²) in [5.41, 5.74) is 5.75. The molecule has 1 atom stereocenters. The lowest BCUT2D eigenvalue weighted by atomic mass is 10.1. The van der Waals surface area contributed by atoms with Crippen LogP contribution in [0.4, 0.5) is 11.5 Å². The third-order valence-electron chi connectivity index (χ3n) is 5.95. The summed E-state index contributed by atoms with van der Waals surface area (Å²) in [5, 5.41) is 0. The fraction of sp³-hybridized carbons (Fsp3) is 0.240. The summed E-state index contributed by atoms with van der Waals surface area (Å²) in [4.78, 5) is 69.1. The average molecular weight is 476 g/mol. The Bertz CT molecular complexity index is 1390. The fourth-order valence-electron chi connectivity index (χ4n) is 4.21. The summed E-state index contributed by atoms with van der Waals surface area (Å²) in [6.45, 7) is 3.40. The number of imide groups is 1. The summed E-state index contributed by atoms with van der Waals surface area (Å²) in [7, 11) is 0. The van der Waals surface area contributed by atoms with Crippen LogP contribution in [-0.2, 0) is 11.3 Å². The normalized spacial score (nSPS) is 13.6. The summed E-state index contributed by atoms with van der Waals surface area (Å²) >= 11 is 0. The molecule has 2 heterocycles. The molecule has 2 aromatic carbocycles. The lowest BCUT2D eigenvalue weighted by Gasteiger charge is -2.30. The molecule has 0 radical (unpaired) electrons. The van der Waals surface area contributed by atoms with Gasteiger partial charge in [-0.15, -0.1) is 0 Å². The zero-order chi connectivity index (χ0) is 25.3. The van der Waals surface area contributed by atoms with E-state index in [9.17, 15) is 24.0 Å². The van der Waals surface area contributed by atoms with Crippen molar-refractivity contribution >= 4 is 29.2 Å². The van der Waals surface area contributed by atoms with Crippen molar-refractivity contribution in [3.8, 4) is 0 Å². The van der Waals surface area contributed by atoms with Gasteiger partial charge >= 0.3 is 5.69 Å². The number of hydrogen-bond donors (Lipinski definition) is 2. The summed E-state index contributed by atoms with van der Waals surface area (Å²) < 4.78 is 1.18. The molecule has 1 unspecified atom stereocenters.